The van der Waals surface area contributed by atoms with Crippen molar-refractivity contribution in [2.75, 3.05) is 18.9 Å². The van der Waals surface area contributed by atoms with Crippen LogP contribution in [0, 0.1) is 3.57 Å². The number of halogens is 1. The van der Waals surface area contributed by atoms with E-state index in [1.54, 1.807) is 12.3 Å². The maximum Gasteiger partial charge on any atom is 0.351 e. The van der Waals surface area contributed by atoms with Crippen LogP contribution in [0.15, 0.2) is 23.6 Å². The number of ether oxygens (including phenoxy) is 2. The summed E-state index contributed by atoms with van der Waals surface area (Å²) in [4.78, 5) is 16.1. The molecule has 1 saturated heterocycles. The number of hydrogen-bond donors (Lipinski definition) is 1. The third-order valence-electron chi connectivity index (χ3n) is 5.27. The molecule has 152 valence electrons. The lowest BCUT2D eigenvalue weighted by Crippen LogP contribution is -2.44. The SMILES string of the molecule is C=CCOC1C[C@H](n2cc(I)c(N)nc2=O)O[C@@H]1CO[Si](C)(C)C(C)(C)C. The molecule has 1 fully saturated rings. The molecule has 0 radical (unpaired) electrons. The van der Waals surface area contributed by atoms with Gasteiger partial charge in [-0.15, -0.1) is 6.58 Å². The predicted molar refractivity (Wildman–Crippen MR) is 117 cm³/mol. The Morgan fingerprint density at radius 1 is 1.52 bits per heavy atom. The van der Waals surface area contributed by atoms with Gasteiger partial charge in [0.2, 0.25) is 0 Å². The van der Waals surface area contributed by atoms with Crippen LogP contribution >= 0.6 is 22.6 Å². The van der Waals surface area contributed by atoms with Gasteiger partial charge < -0.3 is 19.6 Å². The lowest BCUT2D eigenvalue weighted by atomic mass is 10.2. The first kappa shape index (κ1) is 22.5. The summed E-state index contributed by atoms with van der Waals surface area (Å²) in [6, 6.07) is 0. The third kappa shape index (κ3) is 5.40. The number of nitrogens with zero attached hydrogens (tertiary/aromatic N) is 2. The Bertz CT molecular complexity index is 732. The van der Waals surface area contributed by atoms with Crippen LogP contribution in [-0.4, -0.2) is 43.3 Å². The third-order valence-corrected chi connectivity index (χ3v) is 10.6. The largest absolute Gasteiger partial charge is 0.414 e. The second-order valence-electron chi connectivity index (χ2n) is 8.26. The molecule has 0 saturated carbocycles. The summed E-state index contributed by atoms with van der Waals surface area (Å²) < 4.78 is 20.6. The Kier molecular flexibility index (Phi) is 7.28. The normalized spacial score (nSPS) is 23.6. The highest BCUT2D eigenvalue weighted by Gasteiger charge is 2.42. The van der Waals surface area contributed by atoms with Crippen LogP contribution in [-0.2, 0) is 13.9 Å². The van der Waals surface area contributed by atoms with E-state index in [0.29, 0.717) is 23.2 Å². The molecule has 1 aromatic heterocycles. The Balaban J connectivity index is 2.17. The van der Waals surface area contributed by atoms with Crippen molar-refractivity contribution in [1.82, 2.24) is 9.55 Å². The predicted octanol–water partition coefficient (Wildman–Crippen LogP) is 3.31. The summed E-state index contributed by atoms with van der Waals surface area (Å²) in [5, 5.41) is 0.108. The first-order chi connectivity index (χ1) is 12.5. The molecule has 0 spiro atoms. The highest BCUT2D eigenvalue weighted by atomic mass is 127. The topological polar surface area (TPSA) is 88.6 Å². The Labute approximate surface area is 175 Å². The summed E-state index contributed by atoms with van der Waals surface area (Å²) in [7, 11) is -1.92. The molecular weight excluding hydrogens is 477 g/mol. The number of anilines is 1. The smallest absolute Gasteiger partial charge is 0.351 e. The van der Waals surface area contributed by atoms with Crippen molar-refractivity contribution in [3.8, 4) is 0 Å². The van der Waals surface area contributed by atoms with Crippen molar-refractivity contribution in [1.29, 1.82) is 0 Å². The molecule has 1 aliphatic heterocycles. The van der Waals surface area contributed by atoms with Gasteiger partial charge in [0.15, 0.2) is 8.32 Å². The number of aromatic nitrogens is 2. The Hall–Kier alpha value is -0.753. The summed E-state index contributed by atoms with van der Waals surface area (Å²) in [6.45, 7) is 15.6. The molecule has 0 aliphatic carbocycles. The molecule has 3 atom stereocenters. The second kappa shape index (κ2) is 8.72. The molecule has 27 heavy (non-hydrogen) atoms. The zero-order valence-corrected chi connectivity index (χ0v) is 19.9. The van der Waals surface area contributed by atoms with Crippen molar-refractivity contribution < 1.29 is 13.9 Å². The Morgan fingerprint density at radius 3 is 2.78 bits per heavy atom. The number of hydrogen-bond acceptors (Lipinski definition) is 6. The van der Waals surface area contributed by atoms with Crippen molar-refractivity contribution in [3.63, 3.8) is 0 Å². The summed E-state index contributed by atoms with van der Waals surface area (Å²) in [6.07, 6.45) is 3.03. The highest BCUT2D eigenvalue weighted by molar-refractivity contribution is 14.1. The van der Waals surface area contributed by atoms with E-state index in [-0.39, 0.29) is 23.1 Å². The van der Waals surface area contributed by atoms with Gasteiger partial charge in [0.1, 0.15) is 18.1 Å². The van der Waals surface area contributed by atoms with Crippen molar-refractivity contribution in [3.05, 3.63) is 32.9 Å². The van der Waals surface area contributed by atoms with Crippen LogP contribution in [0.1, 0.15) is 33.4 Å². The first-order valence-electron chi connectivity index (χ1n) is 9.02. The van der Waals surface area contributed by atoms with Crippen molar-refractivity contribution in [2.24, 2.45) is 0 Å². The minimum atomic E-state index is -1.92. The van der Waals surface area contributed by atoms with Gasteiger partial charge in [0.25, 0.3) is 0 Å². The average molecular weight is 507 g/mol. The van der Waals surface area contributed by atoms with Gasteiger partial charge in [-0.1, -0.05) is 26.8 Å². The van der Waals surface area contributed by atoms with E-state index in [0.717, 1.165) is 0 Å². The zero-order valence-electron chi connectivity index (χ0n) is 16.7. The lowest BCUT2D eigenvalue weighted by molar-refractivity contribution is -0.0556. The average Bonchev–Trinajstić information content (AvgIpc) is 2.96. The van der Waals surface area contributed by atoms with E-state index >= 15 is 0 Å². The summed E-state index contributed by atoms with van der Waals surface area (Å²) in [5.41, 5.74) is 5.30. The molecule has 0 aromatic carbocycles. The zero-order chi connectivity index (χ0) is 20.4. The molecule has 1 aliphatic rings. The first-order valence-corrected chi connectivity index (χ1v) is 13.0. The van der Waals surface area contributed by atoms with E-state index < -0.39 is 20.2 Å². The van der Waals surface area contributed by atoms with Gasteiger partial charge in [-0.25, -0.2) is 4.79 Å². The van der Waals surface area contributed by atoms with E-state index in [4.69, 9.17) is 19.6 Å². The molecule has 9 heteroatoms. The second-order valence-corrected chi connectivity index (χ2v) is 14.2. The molecule has 7 nitrogen and oxygen atoms in total. The highest BCUT2D eigenvalue weighted by Crippen LogP contribution is 2.38. The molecule has 1 unspecified atom stereocenters. The van der Waals surface area contributed by atoms with E-state index in [1.165, 1.54) is 4.57 Å². The molecule has 2 heterocycles. The number of nitrogen functional groups attached to an aromatic ring is 1. The fraction of sp³-hybridized carbons (Fsp3) is 0.667. The molecule has 2 rings (SSSR count). The van der Waals surface area contributed by atoms with Crippen LogP contribution in [0.4, 0.5) is 5.82 Å². The van der Waals surface area contributed by atoms with Crippen molar-refractivity contribution in [2.45, 2.75) is 63.8 Å². The van der Waals surface area contributed by atoms with Crippen LogP contribution < -0.4 is 11.4 Å². The fourth-order valence-corrected chi connectivity index (χ4v) is 3.99. The maximum atomic E-state index is 12.3. The van der Waals surface area contributed by atoms with Crippen LogP contribution in [0.2, 0.25) is 18.1 Å². The van der Waals surface area contributed by atoms with Crippen LogP contribution in [0.25, 0.3) is 0 Å². The van der Waals surface area contributed by atoms with E-state index in [2.05, 4.69) is 68.0 Å². The van der Waals surface area contributed by atoms with Gasteiger partial charge in [-0.05, 0) is 40.7 Å². The quantitative estimate of drug-likeness (QED) is 0.346. The van der Waals surface area contributed by atoms with Crippen LogP contribution in [0.3, 0.4) is 0 Å². The molecule has 2 N–H and O–H groups in total. The van der Waals surface area contributed by atoms with Gasteiger partial charge in [0, 0.05) is 12.6 Å². The standard InChI is InChI=1S/C18H30IN3O4Si/c1-7-8-24-13-9-15(22-10-12(19)16(20)21-17(22)23)26-14(13)11-25-27(5,6)18(2,3)4/h7,10,13-15H,1,8-9,11H2,2-6H3,(H2,20,21,23)/t13?,14-,15-/m1/s1. The minimum Gasteiger partial charge on any atom is -0.414 e. The number of nitrogens with two attached hydrogens (primary N) is 1. The van der Waals surface area contributed by atoms with Gasteiger partial charge in [0.05, 0.1) is 22.9 Å². The maximum absolute atomic E-state index is 12.3. The summed E-state index contributed by atoms with van der Waals surface area (Å²) >= 11 is 2.06. The monoisotopic (exact) mass is 507 g/mol. The summed E-state index contributed by atoms with van der Waals surface area (Å²) in [5.74, 6) is 0.229. The van der Waals surface area contributed by atoms with Gasteiger partial charge >= 0.3 is 5.69 Å². The molecular formula is C18H30IN3O4Si. The Morgan fingerprint density at radius 2 is 2.19 bits per heavy atom. The van der Waals surface area contributed by atoms with Crippen molar-refractivity contribution >= 4 is 36.7 Å². The molecule has 1 aromatic rings. The lowest BCUT2D eigenvalue weighted by Gasteiger charge is -2.37. The van der Waals surface area contributed by atoms with Gasteiger partial charge in [-0.3, -0.25) is 4.57 Å². The van der Waals surface area contributed by atoms with E-state index in [1.807, 2.05) is 0 Å². The van der Waals surface area contributed by atoms with Crippen LogP contribution in [0.5, 0.6) is 0 Å². The minimum absolute atomic E-state index is 0.108. The number of rotatable bonds is 7. The van der Waals surface area contributed by atoms with E-state index in [9.17, 15) is 4.79 Å². The molecule has 0 bridgehead atoms. The fourth-order valence-electron chi connectivity index (χ4n) is 2.56. The van der Waals surface area contributed by atoms with Gasteiger partial charge in [-0.2, -0.15) is 4.98 Å². The molecule has 0 amide bonds.